The summed E-state index contributed by atoms with van der Waals surface area (Å²) >= 11 is 0. The summed E-state index contributed by atoms with van der Waals surface area (Å²) in [4.78, 5) is 21.8. The Kier molecular flexibility index (Phi) is 4.78. The molecule has 0 spiro atoms. The predicted molar refractivity (Wildman–Crippen MR) is 97.7 cm³/mol. The van der Waals surface area contributed by atoms with Crippen LogP contribution in [0.2, 0.25) is 0 Å². The van der Waals surface area contributed by atoms with E-state index in [0.717, 1.165) is 31.0 Å². The third-order valence-electron chi connectivity index (χ3n) is 5.33. The maximum absolute atomic E-state index is 12.9. The molecular weight excluding hydrogens is 330 g/mol. The van der Waals surface area contributed by atoms with Gasteiger partial charge in [0.05, 0.1) is 31.4 Å². The summed E-state index contributed by atoms with van der Waals surface area (Å²) in [6.45, 7) is 5.75. The second-order valence-electron chi connectivity index (χ2n) is 7.36. The van der Waals surface area contributed by atoms with Crippen LogP contribution in [0.5, 0.6) is 0 Å². The first kappa shape index (κ1) is 17.2. The van der Waals surface area contributed by atoms with Crippen molar-refractivity contribution in [2.45, 2.75) is 19.4 Å². The Morgan fingerprint density at radius 3 is 2.81 bits per heavy atom. The van der Waals surface area contributed by atoms with Gasteiger partial charge < -0.3 is 14.1 Å². The van der Waals surface area contributed by atoms with E-state index in [4.69, 9.17) is 9.15 Å². The highest BCUT2D eigenvalue weighted by Crippen LogP contribution is 2.23. The molecule has 0 radical (unpaired) electrons. The first-order valence-corrected chi connectivity index (χ1v) is 9.17. The topological polar surface area (TPSA) is 58.8 Å². The number of nitrogens with zero attached hydrogens (tertiary/aromatic N) is 3. The van der Waals surface area contributed by atoms with E-state index in [1.54, 1.807) is 0 Å². The van der Waals surface area contributed by atoms with E-state index >= 15 is 0 Å². The van der Waals surface area contributed by atoms with Crippen molar-refractivity contribution in [3.8, 4) is 11.5 Å². The molecule has 6 nitrogen and oxygen atoms in total. The van der Waals surface area contributed by atoms with Gasteiger partial charge in [-0.05, 0) is 26.1 Å². The van der Waals surface area contributed by atoms with Crippen molar-refractivity contribution in [3.63, 3.8) is 0 Å². The molecule has 26 heavy (non-hydrogen) atoms. The third-order valence-corrected chi connectivity index (χ3v) is 5.33. The van der Waals surface area contributed by atoms with E-state index in [-0.39, 0.29) is 18.4 Å². The minimum Gasteiger partial charge on any atom is -0.441 e. The van der Waals surface area contributed by atoms with Crippen LogP contribution in [-0.2, 0) is 16.0 Å². The largest absolute Gasteiger partial charge is 0.441 e. The van der Waals surface area contributed by atoms with Gasteiger partial charge in [0.25, 0.3) is 0 Å². The van der Waals surface area contributed by atoms with Gasteiger partial charge in [-0.1, -0.05) is 18.2 Å². The van der Waals surface area contributed by atoms with Gasteiger partial charge in [0.2, 0.25) is 11.8 Å². The number of amides is 1. The fourth-order valence-electron chi connectivity index (χ4n) is 3.81. The summed E-state index contributed by atoms with van der Waals surface area (Å²) in [7, 11) is 2.12. The molecule has 138 valence electrons. The molecule has 4 rings (SSSR count). The predicted octanol–water partition coefficient (Wildman–Crippen LogP) is 1.98. The maximum atomic E-state index is 12.9. The number of hydrogen-bond acceptors (Lipinski definition) is 5. The Labute approximate surface area is 153 Å². The lowest BCUT2D eigenvalue weighted by Crippen LogP contribution is -2.45. The molecule has 0 saturated carbocycles. The van der Waals surface area contributed by atoms with E-state index in [0.29, 0.717) is 30.7 Å². The van der Waals surface area contributed by atoms with Crippen molar-refractivity contribution in [1.29, 1.82) is 0 Å². The Morgan fingerprint density at radius 1 is 1.19 bits per heavy atom. The normalized spacial score (nSPS) is 23.7. The lowest BCUT2D eigenvalue weighted by atomic mass is 10.1. The highest BCUT2D eigenvalue weighted by molar-refractivity contribution is 5.79. The highest BCUT2D eigenvalue weighted by Gasteiger charge is 2.33. The minimum atomic E-state index is 0.119. The van der Waals surface area contributed by atoms with E-state index in [2.05, 4.69) is 16.9 Å². The van der Waals surface area contributed by atoms with Gasteiger partial charge in [-0.15, -0.1) is 0 Å². The zero-order valence-corrected chi connectivity index (χ0v) is 15.4. The zero-order chi connectivity index (χ0) is 18.1. The van der Waals surface area contributed by atoms with Crippen LogP contribution < -0.4 is 0 Å². The number of oxazole rings is 1. The number of benzene rings is 1. The molecule has 2 aliphatic rings. The number of carbonyl (C=O) groups excluding carboxylic acids is 1. The van der Waals surface area contributed by atoms with Crippen LogP contribution in [0.25, 0.3) is 11.5 Å². The molecule has 2 aromatic rings. The minimum absolute atomic E-state index is 0.119. The van der Waals surface area contributed by atoms with Gasteiger partial charge in [0.1, 0.15) is 5.76 Å². The fraction of sp³-hybridized carbons (Fsp3) is 0.500. The summed E-state index contributed by atoms with van der Waals surface area (Å²) in [5, 5.41) is 0. The third kappa shape index (κ3) is 3.52. The van der Waals surface area contributed by atoms with Gasteiger partial charge >= 0.3 is 0 Å². The van der Waals surface area contributed by atoms with Crippen molar-refractivity contribution in [2.75, 3.05) is 39.9 Å². The molecule has 0 N–H and O–H groups in total. The Bertz CT molecular complexity index is 774. The number of aryl methyl sites for hydroxylation is 1. The number of carbonyl (C=O) groups is 1. The highest BCUT2D eigenvalue weighted by atomic mass is 16.5. The molecule has 1 aromatic heterocycles. The summed E-state index contributed by atoms with van der Waals surface area (Å²) in [5.41, 5.74) is 1.66. The lowest BCUT2D eigenvalue weighted by Gasteiger charge is -2.29. The monoisotopic (exact) mass is 355 g/mol. The fourth-order valence-corrected chi connectivity index (χ4v) is 3.81. The molecule has 0 unspecified atom stereocenters. The first-order chi connectivity index (χ1) is 12.6. The molecule has 2 atom stereocenters. The molecular formula is C20H25N3O3. The Hall–Kier alpha value is -2.18. The summed E-state index contributed by atoms with van der Waals surface area (Å²) < 4.78 is 11.5. The van der Waals surface area contributed by atoms with Crippen LogP contribution in [0.4, 0.5) is 0 Å². The van der Waals surface area contributed by atoms with Gasteiger partial charge in [0.15, 0.2) is 0 Å². The zero-order valence-electron chi connectivity index (χ0n) is 15.4. The van der Waals surface area contributed by atoms with Gasteiger partial charge in [-0.2, -0.15) is 0 Å². The van der Waals surface area contributed by atoms with Crippen LogP contribution in [0.3, 0.4) is 0 Å². The van der Waals surface area contributed by atoms with Crippen molar-refractivity contribution in [1.82, 2.24) is 14.8 Å². The van der Waals surface area contributed by atoms with Crippen LogP contribution in [0.15, 0.2) is 34.7 Å². The van der Waals surface area contributed by atoms with Crippen molar-refractivity contribution in [3.05, 3.63) is 41.8 Å². The van der Waals surface area contributed by atoms with Crippen molar-refractivity contribution in [2.24, 2.45) is 5.92 Å². The maximum Gasteiger partial charge on any atom is 0.228 e. The number of hydrogen-bond donors (Lipinski definition) is 0. The van der Waals surface area contributed by atoms with Crippen LogP contribution in [-0.4, -0.2) is 66.6 Å². The number of fused-ring (bicyclic) bond motifs is 3. The van der Waals surface area contributed by atoms with Gasteiger partial charge in [-0.25, -0.2) is 4.98 Å². The Balaban J connectivity index is 1.49. The number of likely N-dealkylation sites (N-methyl/N-ethyl adjacent to an activating group) is 1. The molecule has 0 aliphatic carbocycles. The average molecular weight is 355 g/mol. The molecule has 1 aromatic carbocycles. The molecule has 2 aliphatic heterocycles. The van der Waals surface area contributed by atoms with Crippen LogP contribution >= 0.6 is 0 Å². The first-order valence-electron chi connectivity index (χ1n) is 9.17. The smallest absolute Gasteiger partial charge is 0.228 e. The van der Waals surface area contributed by atoms with Gasteiger partial charge in [0, 0.05) is 31.1 Å². The standard InChI is InChI=1S/C20H25N3O3/c1-14-18(21-20(26-14)16-6-4-3-5-7-16)8-19(24)23-10-15-9-22(2)17(11-23)13-25-12-15/h3-7,15,17H,8-13H2,1-2H3/t15-,17+/m1/s1. The summed E-state index contributed by atoms with van der Waals surface area (Å²) in [6, 6.07) is 10.1. The van der Waals surface area contributed by atoms with E-state index in [1.165, 1.54) is 0 Å². The molecule has 2 saturated heterocycles. The SMILES string of the molecule is Cc1oc(-c2ccccc2)nc1CC(=O)N1C[C@@H]2COC[C@H](C1)N(C)C2. The van der Waals surface area contributed by atoms with Gasteiger partial charge in [-0.3, -0.25) is 9.69 Å². The second kappa shape index (κ2) is 7.21. The van der Waals surface area contributed by atoms with Crippen LogP contribution in [0, 0.1) is 12.8 Å². The van der Waals surface area contributed by atoms with Crippen molar-refractivity contribution < 1.29 is 13.9 Å². The summed E-state index contributed by atoms with van der Waals surface area (Å²) in [6.07, 6.45) is 0.284. The van der Waals surface area contributed by atoms with Crippen LogP contribution in [0.1, 0.15) is 11.5 Å². The quantitative estimate of drug-likeness (QED) is 0.843. The lowest BCUT2D eigenvalue weighted by molar-refractivity contribution is -0.132. The summed E-state index contributed by atoms with van der Waals surface area (Å²) in [5.74, 6) is 1.78. The van der Waals surface area contributed by atoms with E-state index in [9.17, 15) is 4.79 Å². The molecule has 6 heteroatoms. The molecule has 3 heterocycles. The number of ether oxygens (including phenoxy) is 1. The second-order valence-corrected chi connectivity index (χ2v) is 7.36. The Morgan fingerprint density at radius 2 is 2.00 bits per heavy atom. The molecule has 2 fully saturated rings. The van der Waals surface area contributed by atoms with E-state index in [1.807, 2.05) is 42.2 Å². The van der Waals surface area contributed by atoms with E-state index < -0.39 is 0 Å². The number of rotatable bonds is 3. The van der Waals surface area contributed by atoms with Crippen molar-refractivity contribution >= 4 is 5.91 Å². The molecule has 2 bridgehead atoms. The number of aromatic nitrogens is 1. The molecule has 1 amide bonds. The average Bonchev–Trinajstić information content (AvgIpc) is 2.79.